The van der Waals surface area contributed by atoms with Crippen molar-refractivity contribution in [2.45, 2.75) is 44.3 Å². The number of hydrogen-bond donors (Lipinski definition) is 2. The highest BCUT2D eigenvalue weighted by atomic mass is 19.4. The fourth-order valence-corrected chi connectivity index (χ4v) is 4.29. The lowest BCUT2D eigenvalue weighted by atomic mass is 9.85. The lowest BCUT2D eigenvalue weighted by molar-refractivity contribution is -0.127. The van der Waals surface area contributed by atoms with Gasteiger partial charge in [-0.15, -0.1) is 0 Å². The number of nitrogens with zero attached hydrogens (tertiary/aromatic N) is 2. The maximum Gasteiger partial charge on any atom is 0.393 e. The number of nitrogens with one attached hydrogen (secondary N) is 2. The van der Waals surface area contributed by atoms with Crippen LogP contribution in [0, 0.1) is 5.82 Å². The molecule has 2 aromatic rings. The van der Waals surface area contributed by atoms with Gasteiger partial charge in [-0.3, -0.25) is 9.89 Å². The third-order valence-corrected chi connectivity index (χ3v) is 5.73. The molecule has 0 aliphatic carbocycles. The van der Waals surface area contributed by atoms with Gasteiger partial charge < -0.3 is 10.2 Å². The van der Waals surface area contributed by atoms with E-state index in [-0.39, 0.29) is 17.4 Å². The fraction of sp³-hybridized carbons (Fsp3) is 0.500. The number of likely N-dealkylation sites (tertiary alicyclic amines) is 1. The van der Waals surface area contributed by atoms with Gasteiger partial charge in [0.1, 0.15) is 5.82 Å². The fourth-order valence-electron chi connectivity index (χ4n) is 4.29. The van der Waals surface area contributed by atoms with Crippen LogP contribution in [-0.2, 0) is 19.4 Å². The van der Waals surface area contributed by atoms with Gasteiger partial charge in [0.25, 0.3) is 5.91 Å². The van der Waals surface area contributed by atoms with Gasteiger partial charge >= 0.3 is 6.18 Å². The molecule has 0 atom stereocenters. The molecule has 0 spiro atoms. The number of fused-ring (bicyclic) bond motifs is 1. The Labute approximate surface area is 165 Å². The first-order valence-corrected chi connectivity index (χ1v) is 9.73. The number of carbonyl (C=O) groups excluding carboxylic acids is 1. The normalized spacial score (nSPS) is 18.0. The predicted molar refractivity (Wildman–Crippen MR) is 98.0 cm³/mol. The summed E-state index contributed by atoms with van der Waals surface area (Å²) in [5.74, 6) is -0.900. The second-order valence-electron chi connectivity index (χ2n) is 7.66. The minimum atomic E-state index is -4.35. The molecule has 0 radical (unpaired) electrons. The molecule has 0 saturated carbocycles. The first kappa shape index (κ1) is 19.9. The second kappa shape index (κ2) is 7.78. The first-order chi connectivity index (χ1) is 13.8. The van der Waals surface area contributed by atoms with Crippen molar-refractivity contribution in [2.24, 2.45) is 0 Å². The summed E-state index contributed by atoms with van der Waals surface area (Å²) in [5.41, 5.74) is 2.80. The van der Waals surface area contributed by atoms with Crippen molar-refractivity contribution < 1.29 is 22.4 Å². The van der Waals surface area contributed by atoms with Crippen LogP contribution in [0.25, 0.3) is 0 Å². The Morgan fingerprint density at radius 3 is 2.72 bits per heavy atom. The van der Waals surface area contributed by atoms with Crippen LogP contribution in [0.3, 0.4) is 0 Å². The van der Waals surface area contributed by atoms with Crippen LogP contribution in [0.4, 0.5) is 17.6 Å². The van der Waals surface area contributed by atoms with Gasteiger partial charge in [0.15, 0.2) is 5.69 Å². The van der Waals surface area contributed by atoms with E-state index < -0.39 is 18.4 Å². The van der Waals surface area contributed by atoms with E-state index in [0.717, 1.165) is 30.3 Å². The van der Waals surface area contributed by atoms with E-state index in [2.05, 4.69) is 15.5 Å². The Bertz CT molecular complexity index is 900. The monoisotopic (exact) mass is 410 g/mol. The molecule has 1 aromatic heterocycles. The van der Waals surface area contributed by atoms with E-state index in [0.29, 0.717) is 43.7 Å². The Morgan fingerprint density at radius 2 is 2.00 bits per heavy atom. The number of halogens is 4. The van der Waals surface area contributed by atoms with Gasteiger partial charge in [-0.2, -0.15) is 18.3 Å². The molecule has 1 aromatic carbocycles. The summed E-state index contributed by atoms with van der Waals surface area (Å²) in [6, 6.07) is 3.50. The molecule has 29 heavy (non-hydrogen) atoms. The van der Waals surface area contributed by atoms with Gasteiger partial charge in [-0.1, -0.05) is 6.07 Å². The number of H-pyrrole nitrogens is 1. The zero-order valence-electron chi connectivity index (χ0n) is 15.8. The highest BCUT2D eigenvalue weighted by molar-refractivity contribution is 5.94. The Balaban J connectivity index is 1.47. The molecule has 1 saturated heterocycles. The van der Waals surface area contributed by atoms with Crippen LogP contribution in [0.15, 0.2) is 18.2 Å². The highest BCUT2D eigenvalue weighted by Gasteiger charge is 2.33. The van der Waals surface area contributed by atoms with E-state index in [1.54, 1.807) is 4.90 Å². The van der Waals surface area contributed by atoms with Crippen LogP contribution < -0.4 is 5.32 Å². The third kappa shape index (κ3) is 4.29. The topological polar surface area (TPSA) is 61.0 Å². The van der Waals surface area contributed by atoms with Crippen molar-refractivity contribution in [2.75, 3.05) is 19.6 Å². The molecule has 2 aliphatic heterocycles. The molecule has 0 unspecified atom stereocenters. The van der Waals surface area contributed by atoms with Gasteiger partial charge in [-0.05, 0) is 55.0 Å². The van der Waals surface area contributed by atoms with Crippen molar-refractivity contribution in [1.82, 2.24) is 20.4 Å². The van der Waals surface area contributed by atoms with Gasteiger partial charge in [0.05, 0.1) is 12.1 Å². The molecule has 5 nitrogen and oxygen atoms in total. The van der Waals surface area contributed by atoms with Gasteiger partial charge in [-0.25, -0.2) is 4.39 Å². The van der Waals surface area contributed by atoms with Crippen molar-refractivity contribution in [1.29, 1.82) is 0 Å². The molecule has 1 fully saturated rings. The number of hydrogen-bond acceptors (Lipinski definition) is 3. The summed E-state index contributed by atoms with van der Waals surface area (Å²) in [7, 11) is 0. The summed E-state index contributed by atoms with van der Waals surface area (Å²) >= 11 is 0. The summed E-state index contributed by atoms with van der Waals surface area (Å²) < 4.78 is 52.4. The molecular weight excluding hydrogens is 388 g/mol. The molecular formula is C20H22F4N4O. The van der Waals surface area contributed by atoms with Gasteiger partial charge in [0, 0.05) is 25.2 Å². The van der Waals surface area contributed by atoms with Gasteiger partial charge in [0.2, 0.25) is 0 Å². The molecule has 2 N–H and O–H groups in total. The van der Waals surface area contributed by atoms with E-state index in [1.165, 1.54) is 12.1 Å². The zero-order chi connectivity index (χ0) is 20.6. The number of aromatic nitrogens is 2. The first-order valence-electron chi connectivity index (χ1n) is 9.73. The van der Waals surface area contributed by atoms with Crippen LogP contribution in [0.2, 0.25) is 0 Å². The highest BCUT2D eigenvalue weighted by Crippen LogP contribution is 2.34. The maximum absolute atomic E-state index is 13.7. The largest absolute Gasteiger partial charge is 0.393 e. The molecule has 2 aliphatic rings. The van der Waals surface area contributed by atoms with Crippen molar-refractivity contribution in [3.8, 4) is 0 Å². The van der Waals surface area contributed by atoms with Crippen molar-refractivity contribution in [3.05, 3.63) is 52.1 Å². The van der Waals surface area contributed by atoms with E-state index in [4.69, 9.17) is 0 Å². The quantitative estimate of drug-likeness (QED) is 0.764. The average molecular weight is 410 g/mol. The van der Waals surface area contributed by atoms with E-state index >= 15 is 0 Å². The van der Waals surface area contributed by atoms with E-state index in [9.17, 15) is 22.4 Å². The van der Waals surface area contributed by atoms with Crippen LogP contribution in [0.1, 0.15) is 51.6 Å². The Morgan fingerprint density at radius 1 is 1.24 bits per heavy atom. The molecule has 1 amide bonds. The number of piperidine rings is 1. The molecule has 4 rings (SSSR count). The molecule has 0 bridgehead atoms. The summed E-state index contributed by atoms with van der Waals surface area (Å²) in [5, 5.41) is 10.3. The Kier molecular flexibility index (Phi) is 5.33. The maximum atomic E-state index is 13.7. The van der Waals surface area contributed by atoms with Crippen molar-refractivity contribution >= 4 is 5.91 Å². The standard InChI is InChI=1S/C20H22F4N4O/c21-14-2-1-13(10-20(22,23)24)16(9-14)12-4-7-28(8-5-12)19(29)18-15-3-6-25-11-17(15)26-27-18/h1-2,9,12,25H,3-8,10-11H2,(H,26,27). The SMILES string of the molecule is O=C(c1n[nH]c2c1CCNC2)N1CCC(c2cc(F)ccc2CC(F)(F)F)CC1. The number of alkyl halides is 3. The molecule has 156 valence electrons. The number of benzene rings is 1. The summed E-state index contributed by atoms with van der Waals surface area (Å²) in [6.45, 7) is 2.26. The average Bonchev–Trinajstić information content (AvgIpc) is 3.12. The van der Waals surface area contributed by atoms with Crippen molar-refractivity contribution in [3.63, 3.8) is 0 Å². The number of rotatable bonds is 3. The summed E-state index contributed by atoms with van der Waals surface area (Å²) in [6.07, 6.45) is -3.71. The third-order valence-electron chi connectivity index (χ3n) is 5.73. The lowest BCUT2D eigenvalue weighted by Gasteiger charge is -2.33. The lowest BCUT2D eigenvalue weighted by Crippen LogP contribution is -2.39. The zero-order valence-corrected chi connectivity index (χ0v) is 15.8. The predicted octanol–water partition coefficient (Wildman–Crippen LogP) is 3.32. The van der Waals surface area contributed by atoms with Crippen LogP contribution in [0.5, 0.6) is 0 Å². The minimum absolute atomic E-state index is 0.109. The van der Waals surface area contributed by atoms with Crippen LogP contribution >= 0.6 is 0 Å². The van der Waals surface area contributed by atoms with Crippen LogP contribution in [-0.4, -0.2) is 46.8 Å². The summed E-state index contributed by atoms with van der Waals surface area (Å²) in [4.78, 5) is 14.6. The second-order valence-corrected chi connectivity index (χ2v) is 7.66. The minimum Gasteiger partial charge on any atom is -0.337 e. The number of amides is 1. The number of carbonyl (C=O) groups is 1. The Hall–Kier alpha value is -2.42. The van der Waals surface area contributed by atoms with E-state index in [1.807, 2.05) is 0 Å². The molecule has 3 heterocycles. The smallest absolute Gasteiger partial charge is 0.337 e. The number of aromatic amines is 1. The molecule has 9 heteroatoms.